The Hall–Kier alpha value is -2.94. The lowest BCUT2D eigenvalue weighted by molar-refractivity contribution is 0.0948. The molecule has 0 atom stereocenters. The fourth-order valence-corrected chi connectivity index (χ4v) is 3.90. The molecule has 0 saturated heterocycles. The van der Waals surface area contributed by atoms with Crippen molar-refractivity contribution in [3.8, 4) is 0 Å². The minimum atomic E-state index is -3.25. The second-order valence-corrected chi connectivity index (χ2v) is 9.29. The van der Waals surface area contributed by atoms with Crippen LogP contribution in [0.5, 0.6) is 0 Å². The maximum Gasteiger partial charge on any atom is 0.319 e. The van der Waals surface area contributed by atoms with E-state index in [2.05, 4.69) is 10.3 Å². The third kappa shape index (κ3) is 4.73. The number of carbonyl (C=O) groups is 2. The molecule has 0 saturated carbocycles. The molecule has 0 aliphatic carbocycles. The molecule has 1 aliphatic rings. The van der Waals surface area contributed by atoms with Crippen molar-refractivity contribution in [3.63, 3.8) is 0 Å². The highest BCUT2D eigenvalue weighted by atomic mass is 32.2. The first-order chi connectivity index (χ1) is 13.7. The Morgan fingerprint density at radius 2 is 1.86 bits per heavy atom. The molecule has 2 heterocycles. The maximum atomic E-state index is 12.7. The molecule has 2 aromatic rings. The molecular formula is C20H24N4O4S. The highest BCUT2D eigenvalue weighted by Crippen LogP contribution is 2.22. The van der Waals surface area contributed by atoms with Gasteiger partial charge < -0.3 is 15.1 Å². The van der Waals surface area contributed by atoms with Crippen molar-refractivity contribution in [3.05, 3.63) is 58.9 Å². The molecule has 0 unspecified atom stereocenters. The van der Waals surface area contributed by atoms with Crippen molar-refractivity contribution in [2.24, 2.45) is 0 Å². The predicted octanol–water partition coefficient (Wildman–Crippen LogP) is 1.45. The number of nitrogens with zero attached hydrogens (tertiary/aromatic N) is 3. The van der Waals surface area contributed by atoms with Crippen molar-refractivity contribution in [1.29, 1.82) is 0 Å². The van der Waals surface area contributed by atoms with E-state index in [1.54, 1.807) is 43.5 Å². The average Bonchev–Trinajstić information content (AvgIpc) is 2.70. The Morgan fingerprint density at radius 1 is 1.17 bits per heavy atom. The number of amides is 3. The Morgan fingerprint density at radius 3 is 2.48 bits per heavy atom. The zero-order valence-electron chi connectivity index (χ0n) is 16.7. The van der Waals surface area contributed by atoms with Gasteiger partial charge in [0.25, 0.3) is 5.91 Å². The van der Waals surface area contributed by atoms with Gasteiger partial charge in [-0.05, 0) is 35.2 Å². The van der Waals surface area contributed by atoms with Crippen LogP contribution < -0.4 is 5.32 Å². The van der Waals surface area contributed by atoms with Crippen molar-refractivity contribution < 1.29 is 18.0 Å². The molecule has 154 valence electrons. The molecule has 9 heteroatoms. The quantitative estimate of drug-likeness (QED) is 0.813. The van der Waals surface area contributed by atoms with Gasteiger partial charge in [-0.15, -0.1) is 0 Å². The Bertz CT molecular complexity index is 1030. The average molecular weight is 417 g/mol. The number of hydrogen-bond donors (Lipinski definition) is 1. The van der Waals surface area contributed by atoms with Gasteiger partial charge in [0.15, 0.2) is 9.84 Å². The number of fused-ring (bicyclic) bond motifs is 1. The summed E-state index contributed by atoms with van der Waals surface area (Å²) in [6.07, 6.45) is 4.99. The number of aromatic nitrogens is 1. The third-order valence-electron chi connectivity index (χ3n) is 4.84. The van der Waals surface area contributed by atoms with Gasteiger partial charge in [-0.1, -0.05) is 12.1 Å². The van der Waals surface area contributed by atoms with Crippen LogP contribution >= 0.6 is 0 Å². The highest BCUT2D eigenvalue weighted by Gasteiger charge is 2.25. The van der Waals surface area contributed by atoms with Crippen LogP contribution in [0.3, 0.4) is 0 Å². The molecule has 0 spiro atoms. The van der Waals surface area contributed by atoms with Crippen LogP contribution in [0.4, 0.5) is 4.79 Å². The van der Waals surface area contributed by atoms with Crippen LogP contribution in [-0.2, 0) is 29.3 Å². The topological polar surface area (TPSA) is 99.7 Å². The molecule has 0 radical (unpaired) electrons. The predicted molar refractivity (Wildman–Crippen MR) is 108 cm³/mol. The zero-order chi connectivity index (χ0) is 21.2. The summed E-state index contributed by atoms with van der Waals surface area (Å²) < 4.78 is 23.1. The standard InChI is InChI=1S/C20H24N4O4S/c1-23(2)20(26)24-9-8-17-15(13-24)11-21-12-18(17)19(25)22-10-14-4-6-16(7-5-14)29(3,27)28/h4-7,11-12H,8-10,13H2,1-3H3,(H,22,25). The number of rotatable bonds is 4. The number of benzene rings is 1. The monoisotopic (exact) mass is 416 g/mol. The van der Waals surface area contributed by atoms with Gasteiger partial charge in [-0.2, -0.15) is 0 Å². The summed E-state index contributed by atoms with van der Waals surface area (Å²) in [5.41, 5.74) is 3.09. The molecule has 0 bridgehead atoms. The second kappa shape index (κ2) is 8.20. The van der Waals surface area contributed by atoms with Gasteiger partial charge in [0.1, 0.15) is 0 Å². The minimum Gasteiger partial charge on any atom is -0.348 e. The van der Waals surface area contributed by atoms with Crippen molar-refractivity contribution in [1.82, 2.24) is 20.1 Å². The van der Waals surface area contributed by atoms with Crippen LogP contribution in [0.1, 0.15) is 27.0 Å². The van der Waals surface area contributed by atoms with Gasteiger partial charge in [-0.3, -0.25) is 9.78 Å². The van der Waals surface area contributed by atoms with Gasteiger partial charge in [-0.25, -0.2) is 13.2 Å². The fraction of sp³-hybridized carbons (Fsp3) is 0.350. The number of hydrogen-bond acceptors (Lipinski definition) is 5. The van der Waals surface area contributed by atoms with E-state index in [0.717, 1.165) is 22.9 Å². The van der Waals surface area contributed by atoms with E-state index in [9.17, 15) is 18.0 Å². The van der Waals surface area contributed by atoms with Crippen LogP contribution in [-0.4, -0.2) is 62.0 Å². The summed E-state index contributed by atoms with van der Waals surface area (Å²) in [5, 5.41) is 2.86. The SMILES string of the molecule is CN(C)C(=O)N1CCc2c(cncc2C(=O)NCc2ccc(S(C)(=O)=O)cc2)C1. The van der Waals surface area contributed by atoms with E-state index >= 15 is 0 Å². The molecule has 29 heavy (non-hydrogen) atoms. The Balaban J connectivity index is 1.70. The zero-order valence-corrected chi connectivity index (χ0v) is 17.5. The van der Waals surface area contributed by atoms with Crippen molar-refractivity contribution >= 4 is 21.8 Å². The van der Waals surface area contributed by atoms with E-state index in [1.165, 1.54) is 17.0 Å². The van der Waals surface area contributed by atoms with Crippen molar-refractivity contribution in [2.75, 3.05) is 26.9 Å². The molecule has 1 aromatic heterocycles. The largest absolute Gasteiger partial charge is 0.348 e. The summed E-state index contributed by atoms with van der Waals surface area (Å²) in [5.74, 6) is -0.242. The fourth-order valence-electron chi connectivity index (χ4n) is 3.27. The number of carbonyl (C=O) groups excluding carboxylic acids is 2. The summed E-state index contributed by atoms with van der Waals surface area (Å²) in [4.78, 5) is 32.6. The first kappa shape index (κ1) is 20.8. The smallest absolute Gasteiger partial charge is 0.319 e. The van der Waals surface area contributed by atoms with E-state index < -0.39 is 9.84 Å². The molecule has 0 fully saturated rings. The van der Waals surface area contributed by atoms with Crippen LogP contribution in [0, 0.1) is 0 Å². The lowest BCUT2D eigenvalue weighted by Gasteiger charge is -2.31. The molecular weight excluding hydrogens is 392 g/mol. The normalized spacial score (nSPS) is 13.6. The van der Waals surface area contributed by atoms with E-state index in [4.69, 9.17) is 0 Å². The van der Waals surface area contributed by atoms with E-state index in [0.29, 0.717) is 25.1 Å². The summed E-state index contributed by atoms with van der Waals surface area (Å²) in [7, 11) is 0.175. The van der Waals surface area contributed by atoms with Gasteiger partial charge in [0.2, 0.25) is 0 Å². The van der Waals surface area contributed by atoms with Crippen LogP contribution in [0.15, 0.2) is 41.6 Å². The lowest BCUT2D eigenvalue weighted by Crippen LogP contribution is -2.42. The number of nitrogens with one attached hydrogen (secondary N) is 1. The molecule has 1 aliphatic heterocycles. The maximum absolute atomic E-state index is 12.7. The first-order valence-electron chi connectivity index (χ1n) is 9.16. The summed E-state index contributed by atoms with van der Waals surface area (Å²) in [6.45, 7) is 1.24. The Kier molecular flexibility index (Phi) is 5.88. The van der Waals surface area contributed by atoms with Crippen LogP contribution in [0.2, 0.25) is 0 Å². The van der Waals surface area contributed by atoms with E-state index in [-0.39, 0.29) is 23.4 Å². The van der Waals surface area contributed by atoms with Crippen LogP contribution in [0.25, 0.3) is 0 Å². The second-order valence-electron chi connectivity index (χ2n) is 7.27. The first-order valence-corrected chi connectivity index (χ1v) is 11.0. The van der Waals surface area contributed by atoms with E-state index in [1.807, 2.05) is 0 Å². The van der Waals surface area contributed by atoms with Gasteiger partial charge >= 0.3 is 6.03 Å². The number of sulfone groups is 1. The molecule has 3 amide bonds. The summed E-state index contributed by atoms with van der Waals surface area (Å²) >= 11 is 0. The molecule has 1 N–H and O–H groups in total. The highest BCUT2D eigenvalue weighted by molar-refractivity contribution is 7.90. The summed E-state index contributed by atoms with van der Waals surface area (Å²) in [6, 6.07) is 6.35. The van der Waals surface area contributed by atoms with Crippen molar-refractivity contribution in [2.45, 2.75) is 24.4 Å². The number of urea groups is 1. The minimum absolute atomic E-state index is 0.0666. The number of pyridine rings is 1. The van der Waals surface area contributed by atoms with Gasteiger partial charge in [0, 0.05) is 52.4 Å². The molecule has 8 nitrogen and oxygen atoms in total. The third-order valence-corrected chi connectivity index (χ3v) is 5.97. The molecule has 1 aromatic carbocycles. The van der Waals surface area contributed by atoms with Gasteiger partial charge in [0.05, 0.1) is 10.5 Å². The lowest BCUT2D eigenvalue weighted by atomic mass is 9.97. The Labute approximate surface area is 170 Å². The molecule has 3 rings (SSSR count).